The second-order valence-electron chi connectivity index (χ2n) is 5.97. The molecule has 0 radical (unpaired) electrons. The Morgan fingerprint density at radius 2 is 1.96 bits per heavy atom. The van der Waals surface area contributed by atoms with Crippen molar-refractivity contribution in [3.63, 3.8) is 0 Å². The summed E-state index contributed by atoms with van der Waals surface area (Å²) in [7, 11) is 0. The van der Waals surface area contributed by atoms with Crippen LogP contribution in [0.25, 0.3) is 5.82 Å². The second kappa shape index (κ2) is 8.41. The quantitative estimate of drug-likeness (QED) is 0.609. The van der Waals surface area contributed by atoms with Crippen LogP contribution in [0.15, 0.2) is 42.7 Å². The van der Waals surface area contributed by atoms with Crippen molar-refractivity contribution >= 4 is 34.9 Å². The van der Waals surface area contributed by atoms with Gasteiger partial charge in [0, 0.05) is 36.9 Å². The van der Waals surface area contributed by atoms with Gasteiger partial charge in [0.15, 0.2) is 0 Å². The van der Waals surface area contributed by atoms with Crippen molar-refractivity contribution < 1.29 is 4.79 Å². The molecule has 0 saturated carbocycles. The Morgan fingerprint density at radius 1 is 1.15 bits per heavy atom. The highest BCUT2D eigenvalue weighted by atomic mass is 35.5. The Balaban J connectivity index is 1.62. The number of anilines is 1. The van der Waals surface area contributed by atoms with Gasteiger partial charge in [-0.2, -0.15) is 0 Å². The predicted octanol–water partition coefficient (Wildman–Crippen LogP) is 4.03. The minimum Gasteiger partial charge on any atom is -0.367 e. The van der Waals surface area contributed by atoms with Gasteiger partial charge in [0.1, 0.15) is 11.6 Å². The van der Waals surface area contributed by atoms with Gasteiger partial charge in [-0.3, -0.25) is 4.79 Å². The van der Waals surface area contributed by atoms with E-state index in [0.717, 1.165) is 17.2 Å². The number of carbonyl (C=O) groups is 1. The number of nitrogens with zero attached hydrogens (tertiary/aromatic N) is 3. The topological polar surface area (TPSA) is 71.8 Å². The van der Waals surface area contributed by atoms with E-state index in [9.17, 15) is 4.79 Å². The molecule has 3 aromatic rings. The smallest absolute Gasteiger partial charge is 0.253 e. The number of aryl methyl sites for hydroxylation is 1. The number of nitrogens with one attached hydrogen (secondary N) is 2. The molecule has 3 heterocycles. The summed E-state index contributed by atoms with van der Waals surface area (Å²) in [6, 6.07) is 9.17. The van der Waals surface area contributed by atoms with E-state index < -0.39 is 0 Å². The number of hydrogen-bond acceptors (Lipinski definition) is 4. The molecule has 6 nitrogen and oxygen atoms in total. The molecule has 0 bridgehead atoms. The van der Waals surface area contributed by atoms with Crippen LogP contribution in [0.2, 0.25) is 10.0 Å². The molecule has 3 aromatic heterocycles. The molecule has 0 spiro atoms. The fraction of sp³-hybridized carbons (Fsp3) is 0.211. The number of amides is 1. The molecular weight excluding hydrogens is 385 g/mol. The second-order valence-corrected chi connectivity index (χ2v) is 6.82. The molecule has 27 heavy (non-hydrogen) atoms. The van der Waals surface area contributed by atoms with Crippen LogP contribution in [0, 0.1) is 13.8 Å². The minimum atomic E-state index is -0.137. The zero-order chi connectivity index (χ0) is 19.4. The zero-order valence-corrected chi connectivity index (χ0v) is 16.5. The van der Waals surface area contributed by atoms with Gasteiger partial charge in [-0.05, 0) is 38.1 Å². The average Bonchev–Trinajstić information content (AvgIpc) is 2.95. The lowest BCUT2D eigenvalue weighted by molar-refractivity contribution is 0.0954. The minimum absolute atomic E-state index is 0.137. The Hall–Kier alpha value is -2.57. The monoisotopic (exact) mass is 403 g/mol. The van der Waals surface area contributed by atoms with Crippen molar-refractivity contribution in [2.24, 2.45) is 0 Å². The average molecular weight is 404 g/mol. The van der Waals surface area contributed by atoms with Crippen LogP contribution in [0.1, 0.15) is 21.7 Å². The molecule has 0 aromatic carbocycles. The zero-order valence-electron chi connectivity index (χ0n) is 15.0. The Morgan fingerprint density at radius 3 is 2.67 bits per heavy atom. The molecule has 2 N–H and O–H groups in total. The fourth-order valence-corrected chi connectivity index (χ4v) is 3.27. The summed E-state index contributed by atoms with van der Waals surface area (Å²) in [5, 5.41) is 6.89. The van der Waals surface area contributed by atoms with Crippen LogP contribution < -0.4 is 10.6 Å². The predicted molar refractivity (Wildman–Crippen MR) is 108 cm³/mol. The Kier molecular flexibility index (Phi) is 5.98. The number of hydrogen-bond donors (Lipinski definition) is 2. The largest absolute Gasteiger partial charge is 0.367 e. The van der Waals surface area contributed by atoms with Gasteiger partial charge in [0.25, 0.3) is 5.91 Å². The Bertz CT molecular complexity index is 956. The molecule has 0 aliphatic heterocycles. The molecule has 8 heteroatoms. The number of rotatable bonds is 6. The summed E-state index contributed by atoms with van der Waals surface area (Å²) in [6.45, 7) is 4.77. The van der Waals surface area contributed by atoms with Gasteiger partial charge >= 0.3 is 0 Å². The summed E-state index contributed by atoms with van der Waals surface area (Å²) in [6.07, 6.45) is 3.25. The lowest BCUT2D eigenvalue weighted by Crippen LogP contribution is -2.29. The van der Waals surface area contributed by atoms with E-state index in [0.29, 0.717) is 34.5 Å². The molecule has 3 rings (SSSR count). The third-order valence-electron chi connectivity index (χ3n) is 4.06. The van der Waals surface area contributed by atoms with Crippen molar-refractivity contribution in [2.45, 2.75) is 13.8 Å². The van der Waals surface area contributed by atoms with E-state index in [2.05, 4.69) is 20.6 Å². The summed E-state index contributed by atoms with van der Waals surface area (Å²) < 4.78 is 1.96. The maximum atomic E-state index is 12.6. The molecule has 0 unspecified atom stereocenters. The van der Waals surface area contributed by atoms with Gasteiger partial charge in [0.2, 0.25) is 0 Å². The first-order valence-corrected chi connectivity index (χ1v) is 9.16. The first-order chi connectivity index (χ1) is 13.0. The summed E-state index contributed by atoms with van der Waals surface area (Å²) >= 11 is 11.9. The van der Waals surface area contributed by atoms with E-state index in [4.69, 9.17) is 23.2 Å². The van der Waals surface area contributed by atoms with Gasteiger partial charge in [-0.1, -0.05) is 29.3 Å². The van der Waals surface area contributed by atoms with E-state index in [1.54, 1.807) is 12.3 Å². The molecular formula is C19H19Cl2N5O. The van der Waals surface area contributed by atoms with Gasteiger partial charge in [0.05, 0.1) is 15.6 Å². The van der Waals surface area contributed by atoms with Crippen molar-refractivity contribution in [1.29, 1.82) is 0 Å². The number of pyridine rings is 2. The standard InChI is InChI=1S/C19H19Cl2N5O/c1-12-9-15(13(2)26(12)17-5-3-4-6-22-17)19(27)24-8-7-23-18-16(21)10-14(20)11-25-18/h3-6,9-11H,7-8H2,1-2H3,(H,23,25)(H,24,27). The van der Waals surface area contributed by atoms with Crippen molar-refractivity contribution in [1.82, 2.24) is 19.9 Å². The molecule has 0 atom stereocenters. The van der Waals surface area contributed by atoms with Crippen LogP contribution in [-0.4, -0.2) is 33.5 Å². The molecule has 140 valence electrons. The van der Waals surface area contributed by atoms with E-state index in [1.807, 2.05) is 42.7 Å². The van der Waals surface area contributed by atoms with Crippen LogP contribution in [0.5, 0.6) is 0 Å². The first-order valence-electron chi connectivity index (χ1n) is 8.41. The van der Waals surface area contributed by atoms with Crippen molar-refractivity contribution in [3.8, 4) is 5.82 Å². The maximum absolute atomic E-state index is 12.6. The fourth-order valence-electron chi connectivity index (χ4n) is 2.83. The van der Waals surface area contributed by atoms with Crippen molar-refractivity contribution in [3.05, 3.63) is 69.7 Å². The lowest BCUT2D eigenvalue weighted by Gasteiger charge is -2.10. The van der Waals surface area contributed by atoms with E-state index in [1.165, 1.54) is 6.20 Å². The molecule has 0 aliphatic rings. The van der Waals surface area contributed by atoms with Crippen LogP contribution in [0.4, 0.5) is 5.82 Å². The maximum Gasteiger partial charge on any atom is 0.253 e. The summed E-state index contributed by atoms with van der Waals surface area (Å²) in [5.41, 5.74) is 2.42. The molecule has 1 amide bonds. The highest BCUT2D eigenvalue weighted by molar-refractivity contribution is 6.35. The number of carbonyl (C=O) groups excluding carboxylic acids is 1. The van der Waals surface area contributed by atoms with Gasteiger partial charge < -0.3 is 15.2 Å². The molecule has 0 saturated heterocycles. The van der Waals surface area contributed by atoms with Crippen LogP contribution >= 0.6 is 23.2 Å². The van der Waals surface area contributed by atoms with Gasteiger partial charge in [-0.15, -0.1) is 0 Å². The van der Waals surface area contributed by atoms with Gasteiger partial charge in [-0.25, -0.2) is 9.97 Å². The van der Waals surface area contributed by atoms with Crippen LogP contribution in [-0.2, 0) is 0 Å². The number of aromatic nitrogens is 3. The van der Waals surface area contributed by atoms with E-state index in [-0.39, 0.29) is 5.91 Å². The highest BCUT2D eigenvalue weighted by Crippen LogP contribution is 2.22. The third kappa shape index (κ3) is 4.40. The number of halogens is 2. The Labute approximate surface area is 167 Å². The van der Waals surface area contributed by atoms with E-state index >= 15 is 0 Å². The SMILES string of the molecule is Cc1cc(C(=O)NCCNc2ncc(Cl)cc2Cl)c(C)n1-c1ccccn1. The summed E-state index contributed by atoms with van der Waals surface area (Å²) in [5.74, 6) is 1.18. The summed E-state index contributed by atoms with van der Waals surface area (Å²) in [4.78, 5) is 21.0. The molecule has 0 fully saturated rings. The lowest BCUT2D eigenvalue weighted by atomic mass is 10.2. The first kappa shape index (κ1) is 19.2. The van der Waals surface area contributed by atoms with Crippen molar-refractivity contribution in [2.75, 3.05) is 18.4 Å². The van der Waals surface area contributed by atoms with Crippen LogP contribution in [0.3, 0.4) is 0 Å². The highest BCUT2D eigenvalue weighted by Gasteiger charge is 2.16. The third-order valence-corrected chi connectivity index (χ3v) is 4.56. The molecule has 0 aliphatic carbocycles. The normalized spacial score (nSPS) is 10.7.